The highest BCUT2D eigenvalue weighted by Crippen LogP contribution is 2.31. The summed E-state index contributed by atoms with van der Waals surface area (Å²) in [5.41, 5.74) is 9.23. The fourth-order valence-electron chi connectivity index (χ4n) is 2.54. The first-order valence-electron chi connectivity index (χ1n) is 6.53. The molecule has 20 heavy (non-hydrogen) atoms. The molecular formula is C16H16N2O2. The molecule has 2 aromatic rings. The number of nitrogen functional groups attached to an aromatic ring is 1. The SMILES string of the molecule is COc1cccc(C(=O)N2CCc3cc(N)ccc32)c1. The molecule has 3 rings (SSSR count). The largest absolute Gasteiger partial charge is 0.497 e. The topological polar surface area (TPSA) is 55.6 Å². The van der Waals surface area contributed by atoms with Gasteiger partial charge in [0, 0.05) is 23.5 Å². The minimum absolute atomic E-state index is 0.00702. The Balaban J connectivity index is 1.93. The molecule has 2 aromatic carbocycles. The lowest BCUT2D eigenvalue weighted by atomic mass is 10.1. The van der Waals surface area contributed by atoms with Crippen LogP contribution < -0.4 is 15.4 Å². The van der Waals surface area contributed by atoms with Gasteiger partial charge in [0.05, 0.1) is 7.11 Å². The molecule has 0 aliphatic carbocycles. The highest BCUT2D eigenvalue weighted by atomic mass is 16.5. The molecule has 102 valence electrons. The Labute approximate surface area is 117 Å². The van der Waals surface area contributed by atoms with E-state index < -0.39 is 0 Å². The lowest BCUT2D eigenvalue weighted by Crippen LogP contribution is -2.28. The number of nitrogens with two attached hydrogens (primary N) is 1. The van der Waals surface area contributed by atoms with Crippen molar-refractivity contribution in [3.8, 4) is 5.75 Å². The van der Waals surface area contributed by atoms with E-state index >= 15 is 0 Å². The summed E-state index contributed by atoms with van der Waals surface area (Å²) >= 11 is 0. The highest BCUT2D eigenvalue weighted by molar-refractivity contribution is 6.07. The van der Waals surface area contributed by atoms with Gasteiger partial charge in [0.2, 0.25) is 0 Å². The van der Waals surface area contributed by atoms with E-state index in [1.165, 1.54) is 0 Å². The molecule has 1 amide bonds. The number of methoxy groups -OCH3 is 1. The van der Waals surface area contributed by atoms with Crippen molar-refractivity contribution < 1.29 is 9.53 Å². The summed E-state index contributed by atoms with van der Waals surface area (Å²) in [7, 11) is 1.59. The molecule has 1 aliphatic heterocycles. The lowest BCUT2D eigenvalue weighted by Gasteiger charge is -2.17. The molecule has 0 bridgehead atoms. The minimum Gasteiger partial charge on any atom is -0.497 e. The second kappa shape index (κ2) is 4.89. The minimum atomic E-state index is -0.00702. The monoisotopic (exact) mass is 268 g/mol. The van der Waals surface area contributed by atoms with Crippen LogP contribution in [0.4, 0.5) is 11.4 Å². The summed E-state index contributed by atoms with van der Waals surface area (Å²) in [6.07, 6.45) is 0.843. The van der Waals surface area contributed by atoms with E-state index in [1.54, 1.807) is 24.1 Å². The van der Waals surface area contributed by atoms with Crippen molar-refractivity contribution in [2.24, 2.45) is 0 Å². The van der Waals surface area contributed by atoms with E-state index in [0.29, 0.717) is 17.9 Å². The predicted molar refractivity (Wildman–Crippen MR) is 79.2 cm³/mol. The summed E-state index contributed by atoms with van der Waals surface area (Å²) in [5, 5.41) is 0. The first-order valence-corrected chi connectivity index (χ1v) is 6.53. The maximum atomic E-state index is 12.6. The van der Waals surface area contributed by atoms with Crippen molar-refractivity contribution in [3.05, 3.63) is 53.6 Å². The van der Waals surface area contributed by atoms with Gasteiger partial charge in [-0.05, 0) is 48.4 Å². The van der Waals surface area contributed by atoms with E-state index in [9.17, 15) is 4.79 Å². The van der Waals surface area contributed by atoms with Crippen molar-refractivity contribution in [1.82, 2.24) is 0 Å². The van der Waals surface area contributed by atoms with E-state index in [4.69, 9.17) is 10.5 Å². The smallest absolute Gasteiger partial charge is 0.258 e. The molecule has 0 saturated carbocycles. The third-order valence-electron chi connectivity index (χ3n) is 3.56. The van der Waals surface area contributed by atoms with Crippen LogP contribution in [0, 0.1) is 0 Å². The second-order valence-corrected chi connectivity index (χ2v) is 4.83. The number of carbonyl (C=O) groups excluding carboxylic acids is 1. The van der Waals surface area contributed by atoms with E-state index in [0.717, 1.165) is 23.4 Å². The molecule has 2 N–H and O–H groups in total. The summed E-state index contributed by atoms with van der Waals surface area (Å²) in [6.45, 7) is 0.689. The Hall–Kier alpha value is -2.49. The molecule has 0 fully saturated rings. The van der Waals surface area contributed by atoms with Gasteiger partial charge in [0.15, 0.2) is 0 Å². The number of hydrogen-bond donors (Lipinski definition) is 1. The van der Waals surface area contributed by atoms with Gasteiger partial charge in [0.25, 0.3) is 5.91 Å². The fourth-order valence-corrected chi connectivity index (χ4v) is 2.54. The molecule has 0 unspecified atom stereocenters. The maximum absolute atomic E-state index is 12.6. The number of hydrogen-bond acceptors (Lipinski definition) is 3. The normalized spacial score (nSPS) is 13.2. The summed E-state index contributed by atoms with van der Waals surface area (Å²) in [4.78, 5) is 14.4. The molecule has 0 spiro atoms. The average molecular weight is 268 g/mol. The van der Waals surface area contributed by atoms with Crippen LogP contribution in [0.25, 0.3) is 0 Å². The number of rotatable bonds is 2. The van der Waals surface area contributed by atoms with Crippen molar-refractivity contribution in [2.45, 2.75) is 6.42 Å². The third kappa shape index (κ3) is 2.09. The molecule has 0 aromatic heterocycles. The number of nitrogens with zero attached hydrogens (tertiary/aromatic N) is 1. The number of amides is 1. The molecule has 4 nitrogen and oxygen atoms in total. The van der Waals surface area contributed by atoms with E-state index in [2.05, 4.69) is 0 Å². The molecule has 1 aliphatic rings. The van der Waals surface area contributed by atoms with Crippen LogP contribution in [-0.2, 0) is 6.42 Å². The Morgan fingerprint density at radius 3 is 2.90 bits per heavy atom. The van der Waals surface area contributed by atoms with Crippen LogP contribution in [0.3, 0.4) is 0 Å². The second-order valence-electron chi connectivity index (χ2n) is 4.83. The first kappa shape index (κ1) is 12.5. The third-order valence-corrected chi connectivity index (χ3v) is 3.56. The standard InChI is InChI=1S/C16H16N2O2/c1-20-14-4-2-3-12(10-14)16(19)18-8-7-11-9-13(17)5-6-15(11)18/h2-6,9-10H,7-8,17H2,1H3. The summed E-state index contributed by atoms with van der Waals surface area (Å²) < 4.78 is 5.17. The Morgan fingerprint density at radius 1 is 1.25 bits per heavy atom. The van der Waals surface area contributed by atoms with Crippen LogP contribution in [0.15, 0.2) is 42.5 Å². The van der Waals surface area contributed by atoms with Crippen molar-refractivity contribution >= 4 is 17.3 Å². The number of ether oxygens (including phenoxy) is 1. The van der Waals surface area contributed by atoms with Crippen LogP contribution in [0.2, 0.25) is 0 Å². The van der Waals surface area contributed by atoms with Gasteiger partial charge in [0.1, 0.15) is 5.75 Å². The van der Waals surface area contributed by atoms with Crippen molar-refractivity contribution in [1.29, 1.82) is 0 Å². The van der Waals surface area contributed by atoms with Crippen LogP contribution in [0.5, 0.6) is 5.75 Å². The van der Waals surface area contributed by atoms with Gasteiger partial charge >= 0.3 is 0 Å². The fraction of sp³-hybridized carbons (Fsp3) is 0.188. The number of anilines is 2. The van der Waals surface area contributed by atoms with Crippen LogP contribution in [0.1, 0.15) is 15.9 Å². The zero-order valence-corrected chi connectivity index (χ0v) is 11.3. The molecule has 1 heterocycles. The summed E-state index contributed by atoms with van der Waals surface area (Å²) in [5.74, 6) is 0.681. The Morgan fingerprint density at radius 2 is 2.10 bits per heavy atom. The Kier molecular flexibility index (Phi) is 3.06. The average Bonchev–Trinajstić information content (AvgIpc) is 2.89. The van der Waals surface area contributed by atoms with Gasteiger partial charge in [-0.2, -0.15) is 0 Å². The molecule has 4 heteroatoms. The van der Waals surface area contributed by atoms with Crippen molar-refractivity contribution in [2.75, 3.05) is 24.3 Å². The van der Waals surface area contributed by atoms with Gasteiger partial charge in [-0.3, -0.25) is 4.79 Å². The number of fused-ring (bicyclic) bond motifs is 1. The highest BCUT2D eigenvalue weighted by Gasteiger charge is 2.25. The number of benzene rings is 2. The molecular weight excluding hydrogens is 252 g/mol. The van der Waals surface area contributed by atoms with Gasteiger partial charge in [-0.1, -0.05) is 6.07 Å². The van der Waals surface area contributed by atoms with E-state index in [-0.39, 0.29) is 5.91 Å². The lowest BCUT2D eigenvalue weighted by molar-refractivity contribution is 0.0989. The van der Waals surface area contributed by atoms with Gasteiger partial charge in [-0.15, -0.1) is 0 Å². The maximum Gasteiger partial charge on any atom is 0.258 e. The van der Waals surface area contributed by atoms with Gasteiger partial charge in [-0.25, -0.2) is 0 Å². The Bertz CT molecular complexity index is 667. The zero-order valence-electron chi connectivity index (χ0n) is 11.3. The molecule has 0 radical (unpaired) electrons. The first-order chi connectivity index (χ1) is 9.69. The van der Waals surface area contributed by atoms with E-state index in [1.807, 2.05) is 30.3 Å². The van der Waals surface area contributed by atoms with Crippen LogP contribution in [-0.4, -0.2) is 19.6 Å². The van der Waals surface area contributed by atoms with Gasteiger partial charge < -0.3 is 15.4 Å². The summed E-state index contributed by atoms with van der Waals surface area (Å²) in [6, 6.07) is 12.9. The quantitative estimate of drug-likeness (QED) is 0.851. The van der Waals surface area contributed by atoms with Crippen molar-refractivity contribution in [3.63, 3.8) is 0 Å². The van der Waals surface area contributed by atoms with Crippen LogP contribution >= 0.6 is 0 Å². The molecule has 0 atom stereocenters. The predicted octanol–water partition coefficient (Wildman–Crippen LogP) is 2.48. The zero-order chi connectivity index (χ0) is 14.1. The number of carbonyl (C=O) groups is 1. The molecule has 0 saturated heterocycles.